The average Bonchev–Trinajstić information content (AvgIpc) is 3.08. The Labute approximate surface area is 133 Å². The minimum atomic E-state index is -4.08. The molecule has 2 atom stereocenters. The van der Waals surface area contributed by atoms with E-state index in [2.05, 4.69) is 12.1 Å². The third-order valence-electron chi connectivity index (χ3n) is 4.29. The van der Waals surface area contributed by atoms with Crippen molar-refractivity contribution in [2.24, 2.45) is 5.92 Å². The molecule has 0 bridgehead atoms. The van der Waals surface area contributed by atoms with Gasteiger partial charge in [-0.1, -0.05) is 12.1 Å². The molecule has 3 rings (SSSR count). The van der Waals surface area contributed by atoms with Gasteiger partial charge in [-0.2, -0.15) is 0 Å². The van der Waals surface area contributed by atoms with Crippen LogP contribution in [0.1, 0.15) is 25.8 Å². The summed E-state index contributed by atoms with van der Waals surface area (Å²) in [5, 5.41) is -0.172. The Morgan fingerprint density at radius 3 is 2.39 bits per heavy atom. The van der Waals surface area contributed by atoms with Crippen LogP contribution in [-0.4, -0.2) is 14.0 Å². The van der Waals surface area contributed by atoms with E-state index in [1.807, 2.05) is 0 Å². The van der Waals surface area contributed by atoms with Gasteiger partial charge in [0.25, 0.3) is 0 Å². The zero-order chi connectivity index (χ0) is 17.0. The molecule has 1 aromatic rings. The monoisotopic (exact) mass is 341 g/mol. The summed E-state index contributed by atoms with van der Waals surface area (Å²) in [6.07, 6.45) is 2.91. The molecule has 1 aromatic carbocycles. The lowest BCUT2D eigenvalue weighted by Gasteiger charge is -2.20. The summed E-state index contributed by atoms with van der Waals surface area (Å²) >= 11 is 0. The zero-order valence-corrected chi connectivity index (χ0v) is 13.6. The van der Waals surface area contributed by atoms with Crippen LogP contribution in [0, 0.1) is 17.6 Å². The van der Waals surface area contributed by atoms with E-state index in [-0.39, 0.29) is 11.4 Å². The predicted octanol–water partition coefficient (Wildman–Crippen LogP) is 2.94. The topological polar surface area (TPSA) is 55.4 Å². The lowest BCUT2D eigenvalue weighted by molar-refractivity contribution is -0.0130. The molecule has 7 heteroatoms. The second-order valence-electron chi connectivity index (χ2n) is 6.35. The van der Waals surface area contributed by atoms with Gasteiger partial charge in [0.2, 0.25) is 9.84 Å². The molecule has 0 aromatic heterocycles. The average molecular weight is 341 g/mol. The maximum Gasteiger partial charge on any atom is 0.205 e. The maximum absolute atomic E-state index is 14.3. The van der Waals surface area contributed by atoms with Crippen LogP contribution in [-0.2, 0) is 19.4 Å². The smallest absolute Gasteiger partial charge is 0.205 e. The van der Waals surface area contributed by atoms with Crippen LogP contribution < -0.4 is 5.48 Å². The molecule has 0 spiro atoms. The largest absolute Gasteiger partial charge is 0.265 e. The van der Waals surface area contributed by atoms with Crippen molar-refractivity contribution in [3.63, 3.8) is 0 Å². The number of nitrogens with one attached hydrogen (secondary N) is 1. The molecule has 1 N–H and O–H groups in total. The molecule has 0 amide bonds. The summed E-state index contributed by atoms with van der Waals surface area (Å²) in [6, 6.07) is 3.33. The van der Waals surface area contributed by atoms with Crippen molar-refractivity contribution in [3.8, 4) is 0 Å². The highest BCUT2D eigenvalue weighted by Crippen LogP contribution is 2.61. The molecule has 0 saturated heterocycles. The van der Waals surface area contributed by atoms with Gasteiger partial charge in [0.1, 0.15) is 22.0 Å². The van der Waals surface area contributed by atoms with Crippen LogP contribution in [0.5, 0.6) is 0 Å². The minimum Gasteiger partial charge on any atom is -0.265 e. The van der Waals surface area contributed by atoms with Crippen LogP contribution in [0.15, 0.2) is 42.0 Å². The van der Waals surface area contributed by atoms with Gasteiger partial charge in [-0.05, 0) is 38.5 Å². The molecule has 2 unspecified atom stereocenters. The van der Waals surface area contributed by atoms with Crippen molar-refractivity contribution < 1.29 is 22.0 Å². The second-order valence-corrected chi connectivity index (χ2v) is 8.53. The first-order valence-electron chi connectivity index (χ1n) is 7.14. The summed E-state index contributed by atoms with van der Waals surface area (Å²) in [6.45, 7) is 6.95. The van der Waals surface area contributed by atoms with E-state index in [1.165, 1.54) is 18.2 Å². The normalized spacial score (nSPS) is 28.9. The van der Waals surface area contributed by atoms with Crippen LogP contribution >= 0.6 is 0 Å². The van der Waals surface area contributed by atoms with Gasteiger partial charge in [0.15, 0.2) is 5.03 Å². The molecule has 1 aliphatic heterocycles. The van der Waals surface area contributed by atoms with Gasteiger partial charge < -0.3 is 0 Å². The van der Waals surface area contributed by atoms with Gasteiger partial charge in [-0.15, -0.1) is 6.58 Å². The van der Waals surface area contributed by atoms with E-state index in [4.69, 9.17) is 4.84 Å². The molecule has 23 heavy (non-hydrogen) atoms. The van der Waals surface area contributed by atoms with E-state index < -0.39 is 43.3 Å². The molecule has 2 aliphatic rings. The molecule has 4 nitrogen and oxygen atoms in total. The van der Waals surface area contributed by atoms with Crippen LogP contribution in [0.4, 0.5) is 8.78 Å². The van der Waals surface area contributed by atoms with Crippen LogP contribution in [0.25, 0.3) is 0 Å². The highest BCUT2D eigenvalue weighted by Gasteiger charge is 2.67. The Morgan fingerprint density at radius 1 is 1.35 bits per heavy atom. The number of hydroxylamine groups is 1. The lowest BCUT2D eigenvalue weighted by Crippen LogP contribution is -2.31. The van der Waals surface area contributed by atoms with Gasteiger partial charge in [0, 0.05) is 11.5 Å². The van der Waals surface area contributed by atoms with Crippen molar-refractivity contribution in [1.82, 2.24) is 5.48 Å². The lowest BCUT2D eigenvalue weighted by atomic mass is 10.1. The number of benzene rings is 1. The number of halogens is 2. The predicted molar refractivity (Wildman–Crippen MR) is 81.6 cm³/mol. The van der Waals surface area contributed by atoms with Crippen molar-refractivity contribution in [2.45, 2.75) is 30.6 Å². The number of sulfone groups is 1. The number of hydrogen-bond donors (Lipinski definition) is 1. The van der Waals surface area contributed by atoms with Gasteiger partial charge >= 0.3 is 0 Å². The standard InChI is InChI=1S/C16H17F2NO3S/c1-4-10-8-16(10,14-11(17)6-5-7-12(14)18)23(20,21)13-9-15(2,3)22-19-13/h4-7,9-10,19H,1,8H2,2-3H3. The number of allylic oxidation sites excluding steroid dienone is 1. The van der Waals surface area contributed by atoms with E-state index in [1.54, 1.807) is 13.8 Å². The fourth-order valence-corrected chi connectivity index (χ4v) is 5.40. The first kappa shape index (κ1) is 16.1. The van der Waals surface area contributed by atoms with Gasteiger partial charge in [0.05, 0.1) is 0 Å². The summed E-state index contributed by atoms with van der Waals surface area (Å²) < 4.78 is 53.0. The SMILES string of the molecule is C=CC1CC1(c1c(F)cccc1F)S(=O)(=O)C1=CC(C)(C)ON1. The zero-order valence-electron chi connectivity index (χ0n) is 12.8. The number of hydrogen-bond acceptors (Lipinski definition) is 4. The molecule has 1 saturated carbocycles. The first-order valence-corrected chi connectivity index (χ1v) is 8.62. The molecule has 124 valence electrons. The second kappa shape index (κ2) is 4.88. The Bertz CT molecular complexity index is 796. The fraction of sp³-hybridized carbons (Fsp3) is 0.375. The van der Waals surface area contributed by atoms with E-state index in [0.717, 1.165) is 12.1 Å². The summed E-state index contributed by atoms with van der Waals surface area (Å²) in [5.74, 6) is -2.32. The van der Waals surface area contributed by atoms with Crippen LogP contribution in [0.3, 0.4) is 0 Å². The Hall–Kier alpha value is -1.73. The van der Waals surface area contributed by atoms with Gasteiger partial charge in [-0.3, -0.25) is 10.3 Å². The van der Waals surface area contributed by atoms with Crippen molar-refractivity contribution in [1.29, 1.82) is 0 Å². The maximum atomic E-state index is 14.3. The van der Waals surface area contributed by atoms with Crippen molar-refractivity contribution in [2.75, 3.05) is 0 Å². The molecular formula is C16H17F2NO3S. The minimum absolute atomic E-state index is 0.0795. The van der Waals surface area contributed by atoms with Crippen molar-refractivity contribution >= 4 is 9.84 Å². The van der Waals surface area contributed by atoms with E-state index in [0.29, 0.717) is 0 Å². The highest BCUT2D eigenvalue weighted by molar-refractivity contribution is 7.96. The third kappa shape index (κ3) is 2.21. The quantitative estimate of drug-likeness (QED) is 0.856. The summed E-state index contributed by atoms with van der Waals surface area (Å²) in [7, 11) is -4.08. The molecule has 1 aliphatic carbocycles. The van der Waals surface area contributed by atoms with Crippen molar-refractivity contribution in [3.05, 3.63) is 59.2 Å². The molecule has 0 radical (unpaired) electrons. The highest BCUT2D eigenvalue weighted by atomic mass is 32.2. The first-order chi connectivity index (χ1) is 10.7. The number of rotatable bonds is 4. The Morgan fingerprint density at radius 2 is 1.96 bits per heavy atom. The fourth-order valence-electron chi connectivity index (χ4n) is 3.06. The van der Waals surface area contributed by atoms with Gasteiger partial charge in [-0.25, -0.2) is 17.2 Å². The molecule has 1 heterocycles. The third-order valence-corrected chi connectivity index (χ3v) is 6.71. The molecular weight excluding hydrogens is 324 g/mol. The Kier molecular flexibility index (Phi) is 3.42. The van der Waals surface area contributed by atoms with E-state index >= 15 is 0 Å². The molecule has 1 fully saturated rings. The van der Waals surface area contributed by atoms with Crippen LogP contribution in [0.2, 0.25) is 0 Å². The summed E-state index contributed by atoms with van der Waals surface area (Å²) in [4.78, 5) is 5.19. The summed E-state index contributed by atoms with van der Waals surface area (Å²) in [5.41, 5.74) is 1.12. The Balaban J connectivity index is 2.20. The van der Waals surface area contributed by atoms with E-state index in [9.17, 15) is 17.2 Å².